The van der Waals surface area contributed by atoms with Gasteiger partial charge in [-0.2, -0.15) is 11.8 Å². The van der Waals surface area contributed by atoms with E-state index in [1.54, 1.807) is 16.7 Å². The van der Waals surface area contributed by atoms with Crippen molar-refractivity contribution in [3.05, 3.63) is 71.1 Å². The largest absolute Gasteiger partial charge is 0.368 e. The summed E-state index contributed by atoms with van der Waals surface area (Å²) in [5.74, 6) is 0.624. The van der Waals surface area contributed by atoms with Crippen molar-refractivity contribution in [2.75, 3.05) is 18.9 Å². The number of benzene rings is 2. The van der Waals surface area contributed by atoms with Gasteiger partial charge in [0.2, 0.25) is 5.91 Å². The Kier molecular flexibility index (Phi) is 6.48. The second-order valence-corrected chi connectivity index (χ2v) is 10.4. The third kappa shape index (κ3) is 4.69. The number of ketones is 1. The zero-order chi connectivity index (χ0) is 22.8. The van der Waals surface area contributed by atoms with E-state index in [9.17, 15) is 14.4 Å². The minimum absolute atomic E-state index is 0.0562. The van der Waals surface area contributed by atoms with Crippen molar-refractivity contribution in [1.29, 1.82) is 0 Å². The molecule has 0 radical (unpaired) electrons. The highest BCUT2D eigenvalue weighted by molar-refractivity contribution is 7.98. The molecular formula is C25H24N2O4S2. The van der Waals surface area contributed by atoms with Crippen LogP contribution in [0, 0.1) is 0 Å². The number of nitrogens with one attached hydrogen (secondary N) is 1. The van der Waals surface area contributed by atoms with Gasteiger partial charge in [-0.3, -0.25) is 14.4 Å². The van der Waals surface area contributed by atoms with Crippen LogP contribution in [0.5, 0.6) is 0 Å². The molecule has 8 heteroatoms. The van der Waals surface area contributed by atoms with E-state index in [2.05, 4.69) is 5.32 Å². The van der Waals surface area contributed by atoms with Gasteiger partial charge in [0.15, 0.2) is 5.78 Å². The van der Waals surface area contributed by atoms with Gasteiger partial charge >= 0.3 is 0 Å². The van der Waals surface area contributed by atoms with Gasteiger partial charge in [0.1, 0.15) is 18.7 Å². The Morgan fingerprint density at radius 2 is 1.94 bits per heavy atom. The van der Waals surface area contributed by atoms with Gasteiger partial charge in [-0.25, -0.2) is 0 Å². The first-order valence-corrected chi connectivity index (χ1v) is 12.9. The van der Waals surface area contributed by atoms with Gasteiger partial charge in [-0.1, -0.05) is 48.5 Å². The first-order valence-electron chi connectivity index (χ1n) is 11.0. The zero-order valence-electron chi connectivity index (χ0n) is 17.9. The summed E-state index contributed by atoms with van der Waals surface area (Å²) in [5.41, 5.74) is 1.16. The van der Waals surface area contributed by atoms with Gasteiger partial charge in [0.25, 0.3) is 5.91 Å². The van der Waals surface area contributed by atoms with Crippen LogP contribution in [0.2, 0.25) is 0 Å². The van der Waals surface area contributed by atoms with E-state index >= 15 is 0 Å². The molecule has 33 heavy (non-hydrogen) atoms. The molecule has 1 N–H and O–H groups in total. The molecule has 170 valence electrons. The normalized spacial score (nSPS) is 20.7. The number of hydrogen-bond acceptors (Lipinski definition) is 6. The van der Waals surface area contributed by atoms with Crippen LogP contribution in [-0.2, 0) is 20.1 Å². The number of nitrogens with zero attached hydrogens (tertiary/aromatic N) is 1. The lowest BCUT2D eigenvalue weighted by atomic mass is 10.1. The number of likely N-dealkylation sites (tertiary alicyclic amines) is 1. The van der Waals surface area contributed by atoms with Gasteiger partial charge in [0.05, 0.1) is 11.0 Å². The molecule has 0 spiro atoms. The first kappa shape index (κ1) is 22.1. The fourth-order valence-electron chi connectivity index (χ4n) is 4.41. The fraction of sp³-hybridized carbons (Fsp3) is 0.320. The van der Waals surface area contributed by atoms with Crippen molar-refractivity contribution in [2.45, 2.75) is 30.4 Å². The minimum Gasteiger partial charge on any atom is -0.368 e. The second-order valence-electron chi connectivity index (χ2n) is 8.26. The fourth-order valence-corrected chi connectivity index (χ4v) is 6.38. The number of carbonyl (C=O) groups is 3. The molecule has 6 nitrogen and oxygen atoms in total. The molecule has 2 aliphatic heterocycles. The molecule has 3 aromatic rings. The highest BCUT2D eigenvalue weighted by Crippen LogP contribution is 2.29. The molecule has 3 atom stereocenters. The lowest BCUT2D eigenvalue weighted by Gasteiger charge is -2.27. The number of amides is 2. The van der Waals surface area contributed by atoms with Crippen LogP contribution >= 0.6 is 23.1 Å². The summed E-state index contributed by atoms with van der Waals surface area (Å²) in [7, 11) is 0. The number of fused-ring (bicyclic) bond motifs is 2. The monoisotopic (exact) mass is 480 g/mol. The molecule has 0 saturated carbocycles. The lowest BCUT2D eigenvalue weighted by molar-refractivity contribution is -0.137. The average molecular weight is 481 g/mol. The van der Waals surface area contributed by atoms with Gasteiger partial charge < -0.3 is 15.0 Å². The Bertz CT molecular complexity index is 1150. The van der Waals surface area contributed by atoms with Crippen LogP contribution in [-0.4, -0.2) is 59.6 Å². The van der Waals surface area contributed by atoms with Crippen molar-refractivity contribution in [2.24, 2.45) is 0 Å². The summed E-state index contributed by atoms with van der Waals surface area (Å²) in [4.78, 5) is 41.1. The summed E-state index contributed by atoms with van der Waals surface area (Å²) in [5, 5.41) is 3.96. The summed E-state index contributed by atoms with van der Waals surface area (Å²) < 4.78 is 6.57. The van der Waals surface area contributed by atoms with E-state index in [-0.39, 0.29) is 30.3 Å². The Labute approximate surface area is 200 Å². The molecule has 3 heterocycles. The highest BCUT2D eigenvalue weighted by Gasteiger charge is 2.48. The molecule has 5 rings (SSSR count). The van der Waals surface area contributed by atoms with Gasteiger partial charge in [0, 0.05) is 22.8 Å². The topological polar surface area (TPSA) is 75.7 Å². The Morgan fingerprint density at radius 3 is 2.76 bits per heavy atom. The molecule has 2 fully saturated rings. The van der Waals surface area contributed by atoms with Crippen molar-refractivity contribution >= 4 is 50.8 Å². The van der Waals surface area contributed by atoms with Gasteiger partial charge in [-0.15, -0.1) is 11.3 Å². The molecule has 2 saturated heterocycles. The van der Waals surface area contributed by atoms with Crippen molar-refractivity contribution in [3.63, 3.8) is 0 Å². The molecule has 1 aromatic heterocycles. The summed E-state index contributed by atoms with van der Waals surface area (Å²) in [6.07, 6.45) is 0.424. The smallest absolute Gasteiger partial charge is 0.262 e. The maximum Gasteiger partial charge on any atom is 0.262 e. The number of thiophene rings is 1. The van der Waals surface area contributed by atoms with Crippen molar-refractivity contribution < 1.29 is 19.1 Å². The third-order valence-corrected chi connectivity index (χ3v) is 8.27. The summed E-state index contributed by atoms with van der Waals surface area (Å²) >= 11 is 3.00. The molecule has 2 aromatic carbocycles. The van der Waals surface area contributed by atoms with Crippen LogP contribution in [0.1, 0.15) is 21.7 Å². The maximum absolute atomic E-state index is 13.5. The maximum atomic E-state index is 13.5. The van der Waals surface area contributed by atoms with Crippen LogP contribution in [0.25, 0.3) is 10.1 Å². The number of hydrogen-bond donors (Lipinski definition) is 1. The Hall–Kier alpha value is -2.68. The minimum atomic E-state index is -0.719. The van der Waals surface area contributed by atoms with Gasteiger partial charge in [-0.05, 0) is 29.5 Å². The number of carbonyl (C=O) groups excluding carboxylic acids is 3. The average Bonchev–Trinajstić information content (AvgIpc) is 3.55. The van der Waals surface area contributed by atoms with Crippen molar-refractivity contribution in [3.8, 4) is 0 Å². The van der Waals surface area contributed by atoms with E-state index in [0.717, 1.165) is 21.4 Å². The van der Waals surface area contributed by atoms with Crippen LogP contribution in [0.3, 0.4) is 0 Å². The van der Waals surface area contributed by atoms with Crippen LogP contribution in [0.15, 0.2) is 60.7 Å². The quantitative estimate of drug-likeness (QED) is 0.560. The number of thioether (sulfide) groups is 1. The number of rotatable bonds is 7. The van der Waals surface area contributed by atoms with E-state index in [4.69, 9.17) is 4.74 Å². The van der Waals surface area contributed by atoms with E-state index in [1.165, 1.54) is 11.3 Å². The van der Waals surface area contributed by atoms with Crippen LogP contribution < -0.4 is 5.32 Å². The SMILES string of the molecule is O=C(N[C@@H](CSCc1ccccc1)C(=O)N1CC[C@H]2OCC(=O)[C@H]21)c1cc2ccccc2s1. The number of Topliss-reactive ketones (excluding diaryl/α,β-unsaturated/α-hetero) is 1. The first-order chi connectivity index (χ1) is 16.1. The van der Waals surface area contributed by atoms with Crippen LogP contribution in [0.4, 0.5) is 0 Å². The lowest BCUT2D eigenvalue weighted by Crippen LogP contribution is -2.53. The predicted octanol–water partition coefficient (Wildman–Crippen LogP) is 3.50. The standard InChI is InChI=1S/C25H24N2O4S2/c28-19-13-31-20-10-11-27(23(19)20)25(30)18(15-32-14-16-6-2-1-3-7-16)26-24(29)22-12-17-8-4-5-9-21(17)33-22/h1-9,12,18,20,23H,10-11,13-15H2,(H,26,29)/t18-,20+,23+/m0/s1. The van der Waals surface area contributed by atoms with E-state index < -0.39 is 12.1 Å². The Balaban J connectivity index is 1.32. The molecular weight excluding hydrogens is 456 g/mol. The molecule has 0 bridgehead atoms. The zero-order valence-corrected chi connectivity index (χ0v) is 19.6. The Morgan fingerprint density at radius 1 is 1.15 bits per heavy atom. The molecule has 2 amide bonds. The summed E-state index contributed by atoms with van der Waals surface area (Å²) in [6, 6.07) is 18.5. The summed E-state index contributed by atoms with van der Waals surface area (Å²) in [6.45, 7) is 0.527. The number of ether oxygens (including phenoxy) is 1. The highest BCUT2D eigenvalue weighted by atomic mass is 32.2. The molecule has 0 aliphatic carbocycles. The van der Waals surface area contributed by atoms with E-state index in [1.807, 2.05) is 60.7 Å². The molecule has 2 aliphatic rings. The van der Waals surface area contributed by atoms with E-state index in [0.29, 0.717) is 23.6 Å². The van der Waals surface area contributed by atoms with Crippen molar-refractivity contribution in [1.82, 2.24) is 10.2 Å². The second kappa shape index (κ2) is 9.67. The molecule has 0 unspecified atom stereocenters. The predicted molar refractivity (Wildman–Crippen MR) is 131 cm³/mol. The third-order valence-electron chi connectivity index (χ3n) is 6.04.